The number of halogens is 2. The van der Waals surface area contributed by atoms with E-state index in [9.17, 15) is 9.59 Å². The largest absolute Gasteiger partial charge is 0.338 e. The smallest absolute Gasteiger partial charge is 0.265 e. The first kappa shape index (κ1) is 20.3. The number of piperidine rings is 1. The molecule has 4 nitrogen and oxygen atoms in total. The predicted octanol–water partition coefficient (Wildman–Crippen LogP) is 5.62. The van der Waals surface area contributed by atoms with Gasteiger partial charge in [-0.05, 0) is 38.0 Å². The maximum absolute atomic E-state index is 12.9. The van der Waals surface area contributed by atoms with Crippen LogP contribution in [0.2, 0.25) is 10.0 Å². The normalized spacial score (nSPS) is 15.4. The quantitative estimate of drug-likeness (QED) is 0.598. The molecule has 0 bridgehead atoms. The Kier molecular flexibility index (Phi) is 6.24. The Bertz CT molecular complexity index is 871. The number of Topliss-reactive ketones (excluding diaryl/α,β-unsaturated/α-hetero) is 1. The molecule has 27 heavy (non-hydrogen) atoms. The standard InChI is InChI=1S/C20H22Cl2N2O2S/c1-11(2)19-23-12(3)18(27-19)20(26)24-8-6-13(7-9-24)17(25)14-4-5-15(21)16(22)10-14/h4-5,10-11,13H,6-9H2,1-3H3. The highest BCUT2D eigenvalue weighted by Crippen LogP contribution is 2.29. The summed E-state index contributed by atoms with van der Waals surface area (Å²) in [4.78, 5) is 32.7. The number of benzene rings is 1. The van der Waals surface area contributed by atoms with Crippen LogP contribution in [-0.2, 0) is 0 Å². The molecule has 1 saturated heterocycles. The Morgan fingerprint density at radius 1 is 1.19 bits per heavy atom. The molecule has 144 valence electrons. The van der Waals surface area contributed by atoms with Gasteiger partial charge in [0.1, 0.15) is 4.88 Å². The molecule has 0 atom stereocenters. The van der Waals surface area contributed by atoms with E-state index < -0.39 is 0 Å². The molecule has 1 aromatic carbocycles. The summed E-state index contributed by atoms with van der Waals surface area (Å²) >= 11 is 13.4. The van der Waals surface area contributed by atoms with Gasteiger partial charge < -0.3 is 4.90 Å². The van der Waals surface area contributed by atoms with Crippen molar-refractivity contribution in [3.8, 4) is 0 Å². The highest BCUT2D eigenvalue weighted by atomic mass is 35.5. The lowest BCUT2D eigenvalue weighted by atomic mass is 9.89. The molecule has 0 aliphatic carbocycles. The number of amides is 1. The third-order valence-electron chi connectivity index (χ3n) is 4.86. The van der Waals surface area contributed by atoms with Crippen LogP contribution in [0.4, 0.5) is 0 Å². The molecule has 0 spiro atoms. The molecule has 0 N–H and O–H groups in total. The fourth-order valence-electron chi connectivity index (χ4n) is 3.24. The summed E-state index contributed by atoms with van der Waals surface area (Å²) in [6, 6.07) is 4.98. The second-order valence-electron chi connectivity index (χ2n) is 7.18. The summed E-state index contributed by atoms with van der Waals surface area (Å²) < 4.78 is 0. The van der Waals surface area contributed by atoms with E-state index in [-0.39, 0.29) is 17.6 Å². The van der Waals surface area contributed by atoms with E-state index in [1.807, 2.05) is 11.8 Å². The van der Waals surface area contributed by atoms with E-state index >= 15 is 0 Å². The summed E-state index contributed by atoms with van der Waals surface area (Å²) in [5, 5.41) is 1.81. The molecule has 7 heteroatoms. The van der Waals surface area contributed by atoms with Crippen molar-refractivity contribution in [1.82, 2.24) is 9.88 Å². The maximum atomic E-state index is 12.9. The number of carbonyl (C=O) groups is 2. The topological polar surface area (TPSA) is 50.3 Å². The summed E-state index contributed by atoms with van der Waals surface area (Å²) in [5.74, 6) is 0.305. The van der Waals surface area contributed by atoms with Gasteiger partial charge in [-0.1, -0.05) is 37.0 Å². The van der Waals surface area contributed by atoms with E-state index in [2.05, 4.69) is 18.8 Å². The summed E-state index contributed by atoms with van der Waals surface area (Å²) in [6.07, 6.45) is 1.30. The minimum Gasteiger partial charge on any atom is -0.338 e. The van der Waals surface area contributed by atoms with Gasteiger partial charge in [-0.3, -0.25) is 9.59 Å². The van der Waals surface area contributed by atoms with Crippen molar-refractivity contribution in [2.24, 2.45) is 5.92 Å². The van der Waals surface area contributed by atoms with E-state index in [4.69, 9.17) is 23.2 Å². The van der Waals surface area contributed by atoms with Crippen molar-refractivity contribution in [3.05, 3.63) is 49.4 Å². The molecule has 1 aliphatic heterocycles. The molecular formula is C20H22Cl2N2O2S. The fraction of sp³-hybridized carbons (Fsp3) is 0.450. The van der Waals surface area contributed by atoms with Crippen LogP contribution in [0.25, 0.3) is 0 Å². The Balaban J connectivity index is 1.65. The average Bonchev–Trinajstić information content (AvgIpc) is 3.05. The van der Waals surface area contributed by atoms with Gasteiger partial charge in [0.2, 0.25) is 0 Å². The zero-order valence-corrected chi connectivity index (χ0v) is 17.9. The lowest BCUT2D eigenvalue weighted by Crippen LogP contribution is -2.40. The van der Waals surface area contributed by atoms with Crippen LogP contribution in [0.3, 0.4) is 0 Å². The summed E-state index contributed by atoms with van der Waals surface area (Å²) in [6.45, 7) is 7.19. The number of carbonyl (C=O) groups excluding carboxylic acids is 2. The molecule has 0 radical (unpaired) electrons. The second kappa shape index (κ2) is 8.29. The number of hydrogen-bond donors (Lipinski definition) is 0. The number of rotatable bonds is 4. The number of aromatic nitrogens is 1. The van der Waals surface area contributed by atoms with Gasteiger partial charge in [-0.15, -0.1) is 11.3 Å². The molecular weight excluding hydrogens is 403 g/mol. The Morgan fingerprint density at radius 2 is 1.85 bits per heavy atom. The van der Waals surface area contributed by atoms with Gasteiger partial charge >= 0.3 is 0 Å². The highest BCUT2D eigenvalue weighted by Gasteiger charge is 2.30. The number of nitrogens with zero attached hydrogens (tertiary/aromatic N) is 2. The molecule has 1 aliphatic rings. The highest BCUT2D eigenvalue weighted by molar-refractivity contribution is 7.13. The first-order valence-electron chi connectivity index (χ1n) is 9.03. The monoisotopic (exact) mass is 424 g/mol. The zero-order chi connectivity index (χ0) is 19.7. The lowest BCUT2D eigenvalue weighted by molar-refractivity contribution is 0.0653. The number of thiazole rings is 1. The van der Waals surface area contributed by atoms with Crippen molar-refractivity contribution < 1.29 is 9.59 Å². The Hall–Kier alpha value is -1.43. The van der Waals surface area contributed by atoms with Crippen LogP contribution in [0.15, 0.2) is 18.2 Å². The van der Waals surface area contributed by atoms with Crippen LogP contribution < -0.4 is 0 Å². The van der Waals surface area contributed by atoms with Gasteiger partial charge in [0.05, 0.1) is 20.7 Å². The fourth-order valence-corrected chi connectivity index (χ4v) is 4.57. The Labute approximate surface area is 173 Å². The van der Waals surface area contributed by atoms with Gasteiger partial charge in [0.15, 0.2) is 5.78 Å². The van der Waals surface area contributed by atoms with Crippen LogP contribution in [-0.4, -0.2) is 34.7 Å². The van der Waals surface area contributed by atoms with E-state index in [0.717, 1.165) is 10.7 Å². The van der Waals surface area contributed by atoms with E-state index in [0.29, 0.717) is 52.3 Å². The van der Waals surface area contributed by atoms with Crippen molar-refractivity contribution in [2.75, 3.05) is 13.1 Å². The molecule has 2 heterocycles. The van der Waals surface area contributed by atoms with Gasteiger partial charge in [0.25, 0.3) is 5.91 Å². The van der Waals surface area contributed by atoms with Crippen molar-refractivity contribution in [3.63, 3.8) is 0 Å². The minimum absolute atomic E-state index is 0.0253. The SMILES string of the molecule is Cc1nc(C(C)C)sc1C(=O)N1CCC(C(=O)c2ccc(Cl)c(Cl)c2)CC1. The molecule has 3 rings (SSSR count). The number of aryl methyl sites for hydroxylation is 1. The first-order chi connectivity index (χ1) is 12.8. The van der Waals surface area contributed by atoms with Gasteiger partial charge in [-0.25, -0.2) is 4.98 Å². The lowest BCUT2D eigenvalue weighted by Gasteiger charge is -2.31. The number of likely N-dealkylation sites (tertiary alicyclic amines) is 1. The van der Waals surface area contributed by atoms with Crippen LogP contribution in [0, 0.1) is 12.8 Å². The molecule has 1 fully saturated rings. The second-order valence-corrected chi connectivity index (χ2v) is 9.03. The summed E-state index contributed by atoms with van der Waals surface area (Å²) in [5.41, 5.74) is 1.37. The van der Waals surface area contributed by atoms with Gasteiger partial charge in [-0.2, -0.15) is 0 Å². The van der Waals surface area contributed by atoms with Crippen LogP contribution >= 0.6 is 34.5 Å². The van der Waals surface area contributed by atoms with Crippen molar-refractivity contribution in [2.45, 2.75) is 39.5 Å². The van der Waals surface area contributed by atoms with Crippen molar-refractivity contribution in [1.29, 1.82) is 0 Å². The third-order valence-corrected chi connectivity index (χ3v) is 7.04. The van der Waals surface area contributed by atoms with E-state index in [1.165, 1.54) is 11.3 Å². The maximum Gasteiger partial charge on any atom is 0.265 e. The van der Waals surface area contributed by atoms with Gasteiger partial charge in [0, 0.05) is 30.5 Å². The molecule has 0 unspecified atom stereocenters. The molecule has 1 aromatic heterocycles. The molecule has 2 aromatic rings. The van der Waals surface area contributed by atoms with Crippen LogP contribution in [0.5, 0.6) is 0 Å². The van der Waals surface area contributed by atoms with E-state index in [1.54, 1.807) is 18.2 Å². The summed E-state index contributed by atoms with van der Waals surface area (Å²) in [7, 11) is 0. The third kappa shape index (κ3) is 4.36. The predicted molar refractivity (Wildman–Crippen MR) is 110 cm³/mol. The molecule has 1 amide bonds. The van der Waals surface area contributed by atoms with Crippen molar-refractivity contribution >= 4 is 46.2 Å². The number of ketones is 1. The Morgan fingerprint density at radius 3 is 2.41 bits per heavy atom. The molecule has 0 saturated carbocycles. The minimum atomic E-state index is -0.0972. The zero-order valence-electron chi connectivity index (χ0n) is 15.6. The first-order valence-corrected chi connectivity index (χ1v) is 10.6. The average molecular weight is 425 g/mol. The number of hydrogen-bond acceptors (Lipinski definition) is 4. The van der Waals surface area contributed by atoms with Crippen LogP contribution in [0.1, 0.15) is 63.3 Å².